The molecular weight excluding hydrogens is 248 g/mol. The molecular formula is C15H17F2NO. The lowest BCUT2D eigenvalue weighted by Gasteiger charge is -2.28. The van der Waals surface area contributed by atoms with Gasteiger partial charge in [-0.1, -0.05) is 31.6 Å². The number of carbonyl (C=O) groups excluding carboxylic acids is 1. The van der Waals surface area contributed by atoms with E-state index in [2.05, 4.69) is 6.58 Å². The van der Waals surface area contributed by atoms with E-state index in [4.69, 9.17) is 0 Å². The summed E-state index contributed by atoms with van der Waals surface area (Å²) in [4.78, 5) is 13.4. The maximum Gasteiger partial charge on any atom is 0.282 e. The van der Waals surface area contributed by atoms with Crippen LogP contribution in [-0.2, 0) is 11.3 Å². The number of hydrogen-bond donors (Lipinski definition) is 0. The second kappa shape index (κ2) is 5.95. The molecule has 102 valence electrons. The van der Waals surface area contributed by atoms with Gasteiger partial charge in [-0.3, -0.25) is 4.79 Å². The normalized spacial score (nSPS) is 15.5. The minimum Gasteiger partial charge on any atom is -0.329 e. The molecule has 2 rings (SSSR count). The molecule has 2 nitrogen and oxygen atoms in total. The Kier molecular flexibility index (Phi) is 4.30. The lowest BCUT2D eigenvalue weighted by atomic mass is 10.1. The van der Waals surface area contributed by atoms with Crippen molar-refractivity contribution in [2.45, 2.75) is 38.3 Å². The molecule has 1 fully saturated rings. The van der Waals surface area contributed by atoms with Gasteiger partial charge in [0, 0.05) is 12.6 Å². The summed E-state index contributed by atoms with van der Waals surface area (Å²) in [6.07, 6.45) is 3.81. The number of rotatable bonds is 4. The van der Waals surface area contributed by atoms with Crippen molar-refractivity contribution in [3.05, 3.63) is 48.1 Å². The van der Waals surface area contributed by atoms with E-state index in [1.807, 2.05) is 0 Å². The summed E-state index contributed by atoms with van der Waals surface area (Å²) in [6, 6.07) is 6.07. The molecule has 1 amide bonds. The largest absolute Gasteiger partial charge is 0.329 e. The van der Waals surface area contributed by atoms with Crippen molar-refractivity contribution in [2.24, 2.45) is 0 Å². The minimum atomic E-state index is -0.955. The van der Waals surface area contributed by atoms with Crippen LogP contribution in [-0.4, -0.2) is 16.8 Å². The van der Waals surface area contributed by atoms with Gasteiger partial charge in [0.1, 0.15) is 5.82 Å². The highest BCUT2D eigenvalue weighted by Gasteiger charge is 2.28. The Balaban J connectivity index is 2.17. The molecule has 0 spiro atoms. The fraction of sp³-hybridized carbons (Fsp3) is 0.400. The molecule has 0 heterocycles. The molecule has 0 unspecified atom stereocenters. The predicted molar refractivity (Wildman–Crippen MR) is 69.5 cm³/mol. The Bertz CT molecular complexity index is 481. The number of nitrogens with zero attached hydrogens (tertiary/aromatic N) is 1. The van der Waals surface area contributed by atoms with E-state index in [0.29, 0.717) is 5.56 Å². The van der Waals surface area contributed by atoms with Crippen molar-refractivity contribution < 1.29 is 13.6 Å². The fourth-order valence-corrected chi connectivity index (χ4v) is 2.57. The second-order valence-electron chi connectivity index (χ2n) is 4.91. The third-order valence-corrected chi connectivity index (χ3v) is 3.50. The SMILES string of the molecule is C=C(F)C(=O)N(Cc1cccc(F)c1)C1CCCC1. The van der Waals surface area contributed by atoms with Crippen LogP contribution in [0.15, 0.2) is 36.7 Å². The van der Waals surface area contributed by atoms with Gasteiger partial charge in [0.2, 0.25) is 0 Å². The molecule has 1 aromatic carbocycles. The number of carbonyl (C=O) groups is 1. The summed E-state index contributed by atoms with van der Waals surface area (Å²) in [5.41, 5.74) is 0.668. The van der Waals surface area contributed by atoms with Crippen molar-refractivity contribution >= 4 is 5.91 Å². The molecule has 1 saturated carbocycles. The van der Waals surface area contributed by atoms with Gasteiger partial charge >= 0.3 is 0 Å². The molecule has 0 radical (unpaired) electrons. The zero-order valence-electron chi connectivity index (χ0n) is 10.7. The molecule has 19 heavy (non-hydrogen) atoms. The average Bonchev–Trinajstić information content (AvgIpc) is 2.88. The number of halogens is 2. The summed E-state index contributed by atoms with van der Waals surface area (Å²) in [5.74, 6) is -1.99. The Morgan fingerprint density at radius 2 is 2.05 bits per heavy atom. The first-order chi connectivity index (χ1) is 9.08. The Morgan fingerprint density at radius 1 is 1.37 bits per heavy atom. The third-order valence-electron chi connectivity index (χ3n) is 3.50. The van der Waals surface area contributed by atoms with E-state index in [1.165, 1.54) is 17.0 Å². The molecule has 0 aliphatic heterocycles. The molecule has 0 atom stereocenters. The van der Waals surface area contributed by atoms with Crippen LogP contribution in [0.3, 0.4) is 0 Å². The predicted octanol–water partition coefficient (Wildman–Crippen LogP) is 3.58. The van der Waals surface area contributed by atoms with Crippen molar-refractivity contribution in [1.29, 1.82) is 0 Å². The van der Waals surface area contributed by atoms with Gasteiger partial charge in [-0.25, -0.2) is 8.78 Å². The van der Waals surface area contributed by atoms with Crippen molar-refractivity contribution in [3.8, 4) is 0 Å². The zero-order chi connectivity index (χ0) is 13.8. The van der Waals surface area contributed by atoms with E-state index >= 15 is 0 Å². The van der Waals surface area contributed by atoms with Crippen LogP contribution in [0.1, 0.15) is 31.2 Å². The van der Waals surface area contributed by atoms with Crippen LogP contribution in [0, 0.1) is 5.82 Å². The van der Waals surface area contributed by atoms with Gasteiger partial charge < -0.3 is 4.90 Å². The van der Waals surface area contributed by atoms with E-state index < -0.39 is 11.7 Å². The maximum absolute atomic E-state index is 13.2. The first kappa shape index (κ1) is 13.7. The van der Waals surface area contributed by atoms with Gasteiger partial charge in [-0.15, -0.1) is 0 Å². The average molecular weight is 265 g/mol. The lowest BCUT2D eigenvalue weighted by Crippen LogP contribution is -2.38. The second-order valence-corrected chi connectivity index (χ2v) is 4.91. The number of benzene rings is 1. The van der Waals surface area contributed by atoms with Crippen LogP contribution in [0.4, 0.5) is 8.78 Å². The molecule has 0 saturated heterocycles. The van der Waals surface area contributed by atoms with Crippen LogP contribution in [0.25, 0.3) is 0 Å². The summed E-state index contributed by atoms with van der Waals surface area (Å²) in [5, 5.41) is 0. The number of hydrogen-bond acceptors (Lipinski definition) is 1. The summed E-state index contributed by atoms with van der Waals surface area (Å²) in [6.45, 7) is 3.30. The first-order valence-corrected chi connectivity index (χ1v) is 6.48. The highest BCUT2D eigenvalue weighted by atomic mass is 19.1. The summed E-state index contributed by atoms with van der Waals surface area (Å²) >= 11 is 0. The van der Waals surface area contributed by atoms with E-state index in [-0.39, 0.29) is 18.4 Å². The summed E-state index contributed by atoms with van der Waals surface area (Å²) in [7, 11) is 0. The molecule has 1 aromatic rings. The zero-order valence-corrected chi connectivity index (χ0v) is 10.7. The van der Waals surface area contributed by atoms with Gasteiger partial charge in [0.25, 0.3) is 5.91 Å². The monoisotopic (exact) mass is 265 g/mol. The number of amides is 1. The first-order valence-electron chi connectivity index (χ1n) is 6.48. The van der Waals surface area contributed by atoms with Crippen LogP contribution in [0.2, 0.25) is 0 Å². The van der Waals surface area contributed by atoms with E-state index in [0.717, 1.165) is 25.7 Å². The lowest BCUT2D eigenvalue weighted by molar-refractivity contribution is -0.131. The molecule has 0 N–H and O–H groups in total. The molecule has 1 aliphatic carbocycles. The van der Waals surface area contributed by atoms with Crippen molar-refractivity contribution in [1.82, 2.24) is 4.90 Å². The third kappa shape index (κ3) is 3.40. The molecule has 4 heteroatoms. The van der Waals surface area contributed by atoms with E-state index in [1.54, 1.807) is 12.1 Å². The van der Waals surface area contributed by atoms with Crippen molar-refractivity contribution in [2.75, 3.05) is 0 Å². The minimum absolute atomic E-state index is 0.0308. The smallest absolute Gasteiger partial charge is 0.282 e. The highest BCUT2D eigenvalue weighted by Crippen LogP contribution is 2.26. The van der Waals surface area contributed by atoms with Crippen LogP contribution in [0.5, 0.6) is 0 Å². The van der Waals surface area contributed by atoms with Crippen LogP contribution >= 0.6 is 0 Å². The van der Waals surface area contributed by atoms with Crippen LogP contribution < -0.4 is 0 Å². The Morgan fingerprint density at radius 3 is 2.63 bits per heavy atom. The van der Waals surface area contributed by atoms with Gasteiger partial charge in [-0.2, -0.15) is 0 Å². The maximum atomic E-state index is 13.2. The quantitative estimate of drug-likeness (QED) is 0.762. The fourth-order valence-electron chi connectivity index (χ4n) is 2.57. The van der Waals surface area contributed by atoms with E-state index in [9.17, 15) is 13.6 Å². The molecule has 0 bridgehead atoms. The van der Waals surface area contributed by atoms with Gasteiger partial charge in [0.05, 0.1) is 0 Å². The standard InChI is InChI=1S/C15H17F2NO/c1-11(16)15(19)18(14-7-2-3-8-14)10-12-5-4-6-13(17)9-12/h4-6,9,14H,1-3,7-8,10H2. The van der Waals surface area contributed by atoms with Gasteiger partial charge in [0.15, 0.2) is 5.83 Å². The Hall–Kier alpha value is -1.71. The summed E-state index contributed by atoms with van der Waals surface area (Å²) < 4.78 is 26.3. The molecule has 1 aliphatic rings. The topological polar surface area (TPSA) is 20.3 Å². The van der Waals surface area contributed by atoms with Gasteiger partial charge in [-0.05, 0) is 30.5 Å². The highest BCUT2D eigenvalue weighted by molar-refractivity contribution is 5.90. The van der Waals surface area contributed by atoms with Crippen molar-refractivity contribution in [3.63, 3.8) is 0 Å². The molecule has 0 aromatic heterocycles. The Labute approximate surface area is 111 Å².